The molecule has 2 rings (SSSR count). The number of nitrogens with zero attached hydrogens (tertiary/aromatic N) is 2. The van der Waals surface area contributed by atoms with Gasteiger partial charge in [-0.3, -0.25) is 0 Å². The second-order valence-electron chi connectivity index (χ2n) is 2.11. The molecule has 0 aliphatic rings. The Labute approximate surface area is 82.8 Å². The third-order valence-electron chi connectivity index (χ3n) is 1.31. The number of hydrogen-bond acceptors (Lipinski definition) is 4. The zero-order chi connectivity index (χ0) is 8.39. The molecule has 62 valence electrons. The quantitative estimate of drug-likeness (QED) is 0.722. The van der Waals surface area contributed by atoms with Crippen molar-refractivity contribution in [2.75, 3.05) is 0 Å². The van der Waals surface area contributed by atoms with Gasteiger partial charge in [0.05, 0.1) is 10.8 Å². The van der Waals surface area contributed by atoms with E-state index in [2.05, 4.69) is 10.2 Å². The van der Waals surface area contributed by atoms with Gasteiger partial charge in [0, 0.05) is 0 Å². The second kappa shape index (κ2) is 3.51. The van der Waals surface area contributed by atoms with E-state index in [1.807, 2.05) is 17.5 Å². The molecule has 12 heavy (non-hydrogen) atoms. The first-order valence-electron chi connectivity index (χ1n) is 3.32. The summed E-state index contributed by atoms with van der Waals surface area (Å²) in [5.74, 6) is 0.447. The molecule has 2 aromatic heterocycles. The summed E-state index contributed by atoms with van der Waals surface area (Å²) in [6, 6.07) is 4.03. The van der Waals surface area contributed by atoms with Crippen LogP contribution in [0.2, 0.25) is 0 Å². The first-order valence-corrected chi connectivity index (χ1v) is 5.55. The number of rotatable bonds is 2. The fourth-order valence-corrected chi connectivity index (χ4v) is 2.51. The van der Waals surface area contributed by atoms with Gasteiger partial charge in [-0.15, -0.1) is 33.1 Å². The van der Waals surface area contributed by atoms with Crippen molar-refractivity contribution >= 4 is 34.3 Å². The highest BCUT2D eigenvalue weighted by molar-refractivity contribution is 7.20. The fraction of sp³-hybridized carbons (Fsp3) is 0.143. The molecule has 0 fully saturated rings. The maximum atomic E-state index is 5.61. The summed E-state index contributed by atoms with van der Waals surface area (Å²) in [6.07, 6.45) is 0. The highest BCUT2D eigenvalue weighted by Gasteiger charge is 2.05. The largest absolute Gasteiger partial charge is 0.157 e. The second-order valence-corrected chi connectivity index (χ2v) is 4.39. The molecular weight excluding hydrogens is 212 g/mol. The van der Waals surface area contributed by atoms with E-state index in [9.17, 15) is 0 Å². The zero-order valence-corrected chi connectivity index (χ0v) is 8.42. The molecule has 0 atom stereocenters. The molecule has 0 unspecified atom stereocenters. The van der Waals surface area contributed by atoms with Crippen molar-refractivity contribution < 1.29 is 0 Å². The molecule has 2 aromatic rings. The highest BCUT2D eigenvalue weighted by atomic mass is 35.5. The lowest BCUT2D eigenvalue weighted by atomic mass is 10.5. The van der Waals surface area contributed by atoms with Gasteiger partial charge in [0.2, 0.25) is 0 Å². The van der Waals surface area contributed by atoms with Crippen molar-refractivity contribution in [3.05, 3.63) is 22.5 Å². The van der Waals surface area contributed by atoms with Crippen molar-refractivity contribution in [2.24, 2.45) is 0 Å². The van der Waals surface area contributed by atoms with Crippen LogP contribution in [-0.2, 0) is 5.88 Å². The van der Waals surface area contributed by atoms with E-state index in [0.29, 0.717) is 5.88 Å². The van der Waals surface area contributed by atoms with Gasteiger partial charge in [0.25, 0.3) is 0 Å². The Kier molecular flexibility index (Phi) is 2.39. The molecule has 5 heteroatoms. The molecule has 0 aliphatic heterocycles. The van der Waals surface area contributed by atoms with Crippen molar-refractivity contribution in [3.63, 3.8) is 0 Å². The fourth-order valence-electron chi connectivity index (χ4n) is 0.807. The topological polar surface area (TPSA) is 25.8 Å². The van der Waals surface area contributed by atoms with Gasteiger partial charge in [-0.25, -0.2) is 0 Å². The number of hydrogen-bond donors (Lipinski definition) is 0. The van der Waals surface area contributed by atoms with Gasteiger partial charge in [0.1, 0.15) is 5.01 Å². The highest BCUT2D eigenvalue weighted by Crippen LogP contribution is 2.27. The van der Waals surface area contributed by atoms with Crippen molar-refractivity contribution in [1.82, 2.24) is 10.2 Å². The molecule has 0 aromatic carbocycles. The summed E-state index contributed by atoms with van der Waals surface area (Å²) in [5, 5.41) is 11.8. The summed E-state index contributed by atoms with van der Waals surface area (Å²) in [4.78, 5) is 1.16. The first-order chi connectivity index (χ1) is 5.90. The third-order valence-corrected chi connectivity index (χ3v) is 3.69. The summed E-state index contributed by atoms with van der Waals surface area (Å²) in [6.45, 7) is 0. The van der Waals surface area contributed by atoms with Gasteiger partial charge in [0.15, 0.2) is 5.01 Å². The molecule has 0 saturated heterocycles. The lowest BCUT2D eigenvalue weighted by molar-refractivity contribution is 1.04. The molecule has 0 bridgehead atoms. The Morgan fingerprint density at radius 1 is 1.42 bits per heavy atom. The van der Waals surface area contributed by atoms with E-state index in [-0.39, 0.29) is 0 Å². The maximum absolute atomic E-state index is 5.61. The summed E-state index contributed by atoms with van der Waals surface area (Å²) >= 11 is 8.82. The zero-order valence-electron chi connectivity index (χ0n) is 6.03. The maximum Gasteiger partial charge on any atom is 0.157 e. The van der Waals surface area contributed by atoms with Crippen LogP contribution in [0.3, 0.4) is 0 Å². The number of halogens is 1. The number of alkyl halides is 1. The van der Waals surface area contributed by atoms with Crippen molar-refractivity contribution in [3.8, 4) is 9.88 Å². The van der Waals surface area contributed by atoms with Crippen LogP contribution in [0.4, 0.5) is 0 Å². The Morgan fingerprint density at radius 3 is 2.92 bits per heavy atom. The average molecular weight is 217 g/mol. The first kappa shape index (κ1) is 8.16. The molecule has 0 saturated carbocycles. The standard InChI is InChI=1S/C7H5ClN2S2/c8-4-6-9-10-7(12-6)5-2-1-3-11-5/h1-3H,4H2. The monoisotopic (exact) mass is 216 g/mol. The molecule has 0 spiro atoms. The Hall–Kier alpha value is -0.450. The molecule has 0 radical (unpaired) electrons. The molecule has 2 nitrogen and oxygen atoms in total. The predicted molar refractivity (Wildman–Crippen MR) is 52.8 cm³/mol. The van der Waals surface area contributed by atoms with Crippen LogP contribution in [-0.4, -0.2) is 10.2 Å². The third kappa shape index (κ3) is 1.50. The molecule has 0 amide bonds. The van der Waals surface area contributed by atoms with Gasteiger partial charge in [-0.2, -0.15) is 0 Å². The van der Waals surface area contributed by atoms with Crippen LogP contribution in [0.5, 0.6) is 0 Å². The summed E-state index contributed by atoms with van der Waals surface area (Å²) in [5.41, 5.74) is 0. The van der Waals surface area contributed by atoms with Crippen LogP contribution in [0.25, 0.3) is 9.88 Å². The van der Waals surface area contributed by atoms with Gasteiger partial charge < -0.3 is 0 Å². The average Bonchev–Trinajstić information content (AvgIpc) is 2.75. The molecule has 2 heterocycles. The minimum Gasteiger partial charge on any atom is -0.142 e. The van der Waals surface area contributed by atoms with E-state index in [1.165, 1.54) is 0 Å². The van der Waals surface area contributed by atoms with Gasteiger partial charge in [-0.1, -0.05) is 17.4 Å². The van der Waals surface area contributed by atoms with E-state index < -0.39 is 0 Å². The van der Waals surface area contributed by atoms with Crippen molar-refractivity contribution in [1.29, 1.82) is 0 Å². The normalized spacial score (nSPS) is 10.4. The minimum atomic E-state index is 0.447. The number of thiophene rings is 1. The van der Waals surface area contributed by atoms with Crippen molar-refractivity contribution in [2.45, 2.75) is 5.88 Å². The van der Waals surface area contributed by atoms with Crippen LogP contribution in [0.1, 0.15) is 5.01 Å². The van der Waals surface area contributed by atoms with Crippen LogP contribution < -0.4 is 0 Å². The Morgan fingerprint density at radius 2 is 2.33 bits per heavy atom. The SMILES string of the molecule is ClCc1nnc(-c2cccs2)s1. The molecule has 0 N–H and O–H groups in total. The van der Waals surface area contributed by atoms with E-state index in [4.69, 9.17) is 11.6 Å². The van der Waals surface area contributed by atoms with E-state index in [0.717, 1.165) is 14.9 Å². The van der Waals surface area contributed by atoms with Crippen LogP contribution in [0, 0.1) is 0 Å². The lowest BCUT2D eigenvalue weighted by Crippen LogP contribution is -1.73. The van der Waals surface area contributed by atoms with Crippen LogP contribution >= 0.6 is 34.3 Å². The van der Waals surface area contributed by atoms with E-state index in [1.54, 1.807) is 22.7 Å². The van der Waals surface area contributed by atoms with Gasteiger partial charge >= 0.3 is 0 Å². The molecule has 0 aliphatic carbocycles. The van der Waals surface area contributed by atoms with E-state index >= 15 is 0 Å². The minimum absolute atomic E-state index is 0.447. The Balaban J connectivity index is 2.35. The smallest absolute Gasteiger partial charge is 0.142 e. The summed E-state index contributed by atoms with van der Waals surface area (Å²) < 4.78 is 0. The predicted octanol–water partition coefficient (Wildman–Crippen LogP) is 3.01. The lowest BCUT2D eigenvalue weighted by Gasteiger charge is -1.82. The van der Waals surface area contributed by atoms with Gasteiger partial charge in [-0.05, 0) is 11.4 Å². The number of aromatic nitrogens is 2. The molecular formula is C7H5ClN2S2. The Bertz CT molecular complexity index is 355. The van der Waals surface area contributed by atoms with Crippen LogP contribution in [0.15, 0.2) is 17.5 Å². The summed E-state index contributed by atoms with van der Waals surface area (Å²) in [7, 11) is 0.